The summed E-state index contributed by atoms with van der Waals surface area (Å²) in [5.74, 6) is 0. The predicted octanol–water partition coefficient (Wildman–Crippen LogP) is 0.333. The highest BCUT2D eigenvalue weighted by molar-refractivity contribution is 4.74. The number of halogens is 1. The predicted molar refractivity (Wildman–Crippen MR) is 33.2 cm³/mol. The standard InChI is InChI=1S/C6H12FNO/c1-5(7)6-4-9-3-2-8-6/h5-6,8H,2-4H2,1H3. The van der Waals surface area contributed by atoms with E-state index in [0.717, 1.165) is 6.54 Å². The van der Waals surface area contributed by atoms with Gasteiger partial charge >= 0.3 is 0 Å². The zero-order chi connectivity index (χ0) is 6.69. The molecule has 0 spiro atoms. The monoisotopic (exact) mass is 133 g/mol. The van der Waals surface area contributed by atoms with E-state index >= 15 is 0 Å². The van der Waals surface area contributed by atoms with E-state index in [0.29, 0.717) is 13.2 Å². The second-order valence-corrected chi connectivity index (χ2v) is 2.31. The summed E-state index contributed by atoms with van der Waals surface area (Å²) in [4.78, 5) is 0. The molecule has 0 saturated carbocycles. The van der Waals surface area contributed by atoms with Crippen LogP contribution in [0.25, 0.3) is 0 Å². The highest BCUT2D eigenvalue weighted by Crippen LogP contribution is 2.01. The Morgan fingerprint density at radius 3 is 2.89 bits per heavy atom. The van der Waals surface area contributed by atoms with Gasteiger partial charge in [0.25, 0.3) is 0 Å². The van der Waals surface area contributed by atoms with Gasteiger partial charge in [-0.3, -0.25) is 0 Å². The fourth-order valence-electron chi connectivity index (χ4n) is 0.881. The molecule has 0 aromatic rings. The Morgan fingerprint density at radius 2 is 2.56 bits per heavy atom. The Morgan fingerprint density at radius 1 is 1.78 bits per heavy atom. The first-order valence-electron chi connectivity index (χ1n) is 3.26. The van der Waals surface area contributed by atoms with E-state index in [9.17, 15) is 4.39 Å². The number of morpholine rings is 1. The molecule has 1 heterocycles. The van der Waals surface area contributed by atoms with E-state index in [1.807, 2.05) is 0 Å². The second kappa shape index (κ2) is 3.13. The lowest BCUT2D eigenvalue weighted by atomic mass is 10.2. The first-order valence-corrected chi connectivity index (χ1v) is 3.26. The normalized spacial score (nSPS) is 32.0. The third kappa shape index (κ3) is 1.91. The van der Waals surface area contributed by atoms with E-state index in [1.165, 1.54) is 0 Å². The Labute approximate surface area is 54.4 Å². The zero-order valence-electron chi connectivity index (χ0n) is 5.56. The molecule has 2 unspecified atom stereocenters. The maximum absolute atomic E-state index is 12.4. The van der Waals surface area contributed by atoms with Crippen molar-refractivity contribution >= 4 is 0 Å². The van der Waals surface area contributed by atoms with Crippen LogP contribution in [0.4, 0.5) is 4.39 Å². The lowest BCUT2D eigenvalue weighted by molar-refractivity contribution is 0.0508. The summed E-state index contributed by atoms with van der Waals surface area (Å²) in [7, 11) is 0. The largest absolute Gasteiger partial charge is 0.378 e. The average molecular weight is 133 g/mol. The van der Waals surface area contributed by atoms with Gasteiger partial charge in [-0.2, -0.15) is 0 Å². The van der Waals surface area contributed by atoms with Crippen LogP contribution < -0.4 is 5.32 Å². The van der Waals surface area contributed by atoms with Crippen LogP contribution in [0.15, 0.2) is 0 Å². The van der Waals surface area contributed by atoms with Crippen LogP contribution >= 0.6 is 0 Å². The van der Waals surface area contributed by atoms with Crippen molar-refractivity contribution in [3.63, 3.8) is 0 Å². The summed E-state index contributed by atoms with van der Waals surface area (Å²) in [5.41, 5.74) is 0. The Hall–Kier alpha value is -0.150. The molecule has 1 aliphatic rings. The molecule has 9 heavy (non-hydrogen) atoms. The van der Waals surface area contributed by atoms with E-state index in [2.05, 4.69) is 5.32 Å². The quantitative estimate of drug-likeness (QED) is 0.556. The minimum atomic E-state index is -0.801. The molecule has 1 saturated heterocycles. The number of nitrogens with one attached hydrogen (secondary N) is 1. The minimum absolute atomic E-state index is 0.0845. The van der Waals surface area contributed by atoms with Gasteiger partial charge in [0.2, 0.25) is 0 Å². The van der Waals surface area contributed by atoms with Gasteiger partial charge < -0.3 is 10.1 Å². The number of alkyl halides is 1. The van der Waals surface area contributed by atoms with Crippen molar-refractivity contribution in [2.75, 3.05) is 19.8 Å². The van der Waals surface area contributed by atoms with Crippen molar-refractivity contribution in [2.45, 2.75) is 19.1 Å². The molecule has 1 fully saturated rings. The number of hydrogen-bond acceptors (Lipinski definition) is 2. The smallest absolute Gasteiger partial charge is 0.115 e. The third-order valence-corrected chi connectivity index (χ3v) is 1.50. The third-order valence-electron chi connectivity index (χ3n) is 1.50. The van der Waals surface area contributed by atoms with Crippen LogP contribution in [0.3, 0.4) is 0 Å². The summed E-state index contributed by atoms with van der Waals surface area (Å²) in [6.07, 6.45) is -0.801. The van der Waals surface area contributed by atoms with Gasteiger partial charge in [-0.1, -0.05) is 0 Å². The lowest BCUT2D eigenvalue weighted by Crippen LogP contribution is -2.46. The highest BCUT2D eigenvalue weighted by Gasteiger charge is 2.18. The first kappa shape index (κ1) is 6.96. The van der Waals surface area contributed by atoms with Gasteiger partial charge in [-0.05, 0) is 6.92 Å². The van der Waals surface area contributed by atoms with Crippen LogP contribution in [0, 0.1) is 0 Å². The summed E-state index contributed by atoms with van der Waals surface area (Å²) >= 11 is 0. The van der Waals surface area contributed by atoms with Crippen LogP contribution in [-0.2, 0) is 4.74 Å². The van der Waals surface area contributed by atoms with Crippen molar-refractivity contribution in [1.82, 2.24) is 5.32 Å². The van der Waals surface area contributed by atoms with E-state index < -0.39 is 6.17 Å². The van der Waals surface area contributed by atoms with Gasteiger partial charge in [0, 0.05) is 6.54 Å². The number of rotatable bonds is 1. The van der Waals surface area contributed by atoms with Crippen molar-refractivity contribution in [3.8, 4) is 0 Å². The number of ether oxygens (including phenoxy) is 1. The molecule has 3 heteroatoms. The van der Waals surface area contributed by atoms with Gasteiger partial charge in [0.1, 0.15) is 6.17 Å². The van der Waals surface area contributed by atoms with Crippen LogP contribution in [0.1, 0.15) is 6.92 Å². The molecule has 0 amide bonds. The van der Waals surface area contributed by atoms with Crippen molar-refractivity contribution < 1.29 is 9.13 Å². The summed E-state index contributed by atoms with van der Waals surface area (Å²) in [6.45, 7) is 3.55. The summed E-state index contributed by atoms with van der Waals surface area (Å²) in [5, 5.41) is 3.02. The molecule has 0 aromatic carbocycles. The van der Waals surface area contributed by atoms with Crippen LogP contribution in [0.5, 0.6) is 0 Å². The van der Waals surface area contributed by atoms with Crippen molar-refractivity contribution in [3.05, 3.63) is 0 Å². The van der Waals surface area contributed by atoms with Crippen LogP contribution in [-0.4, -0.2) is 32.0 Å². The molecule has 0 radical (unpaired) electrons. The van der Waals surface area contributed by atoms with Gasteiger partial charge in [-0.25, -0.2) is 4.39 Å². The fourth-order valence-corrected chi connectivity index (χ4v) is 0.881. The maximum atomic E-state index is 12.4. The zero-order valence-corrected chi connectivity index (χ0v) is 5.56. The molecule has 2 nitrogen and oxygen atoms in total. The van der Waals surface area contributed by atoms with Crippen molar-refractivity contribution in [2.24, 2.45) is 0 Å². The molecule has 1 aliphatic heterocycles. The topological polar surface area (TPSA) is 21.3 Å². The summed E-state index contributed by atoms with van der Waals surface area (Å²) in [6, 6.07) is -0.0845. The van der Waals surface area contributed by atoms with Crippen molar-refractivity contribution in [1.29, 1.82) is 0 Å². The number of hydrogen-bond donors (Lipinski definition) is 1. The highest BCUT2D eigenvalue weighted by atomic mass is 19.1. The fraction of sp³-hybridized carbons (Fsp3) is 1.00. The first-order chi connectivity index (χ1) is 4.30. The Bertz CT molecular complexity index is 81.1. The molecular formula is C6H12FNO. The maximum Gasteiger partial charge on any atom is 0.115 e. The van der Waals surface area contributed by atoms with Gasteiger partial charge in [0.05, 0.1) is 19.3 Å². The average Bonchev–Trinajstić information content (AvgIpc) is 1.90. The Kier molecular flexibility index (Phi) is 2.42. The minimum Gasteiger partial charge on any atom is -0.378 e. The van der Waals surface area contributed by atoms with E-state index in [-0.39, 0.29) is 6.04 Å². The van der Waals surface area contributed by atoms with Crippen LogP contribution in [0.2, 0.25) is 0 Å². The Balaban J connectivity index is 2.23. The van der Waals surface area contributed by atoms with E-state index in [1.54, 1.807) is 6.92 Å². The molecule has 0 bridgehead atoms. The lowest BCUT2D eigenvalue weighted by Gasteiger charge is -2.24. The molecular weight excluding hydrogens is 121 g/mol. The molecule has 2 atom stereocenters. The van der Waals surface area contributed by atoms with Gasteiger partial charge in [-0.15, -0.1) is 0 Å². The molecule has 1 rings (SSSR count). The summed E-state index contributed by atoms with van der Waals surface area (Å²) < 4.78 is 17.5. The van der Waals surface area contributed by atoms with Gasteiger partial charge in [0.15, 0.2) is 0 Å². The second-order valence-electron chi connectivity index (χ2n) is 2.31. The molecule has 54 valence electrons. The molecule has 0 aliphatic carbocycles. The SMILES string of the molecule is CC(F)C1COCCN1. The molecule has 0 aromatic heterocycles. The molecule has 1 N–H and O–H groups in total. The van der Waals surface area contributed by atoms with E-state index in [4.69, 9.17) is 4.74 Å².